The zero-order valence-electron chi connectivity index (χ0n) is 14.8. The minimum Gasteiger partial charge on any atom is -0.306 e. The van der Waals surface area contributed by atoms with E-state index in [-0.39, 0.29) is 11.8 Å². The van der Waals surface area contributed by atoms with Crippen LogP contribution in [0.2, 0.25) is 0 Å². The van der Waals surface area contributed by atoms with Crippen LogP contribution in [0, 0.1) is 5.92 Å². The minimum atomic E-state index is -0.183. The molecule has 1 amide bonds. The van der Waals surface area contributed by atoms with Gasteiger partial charge in [-0.15, -0.1) is 0 Å². The second kappa shape index (κ2) is 7.18. The van der Waals surface area contributed by atoms with Gasteiger partial charge in [0.05, 0.1) is 5.71 Å². The third-order valence-corrected chi connectivity index (χ3v) is 4.96. The first-order chi connectivity index (χ1) is 12.7. The van der Waals surface area contributed by atoms with Gasteiger partial charge in [-0.2, -0.15) is 0 Å². The highest BCUT2D eigenvalue weighted by molar-refractivity contribution is 6.12. The molecule has 1 fully saturated rings. The Labute approximate surface area is 153 Å². The van der Waals surface area contributed by atoms with Crippen LogP contribution in [0.15, 0.2) is 72.0 Å². The molecule has 2 aromatic carbocycles. The SMILES string of the molecule is CN1CC[C@@H](C(=NC(=O)c2ccc3cnccc3c2)c2ccccc2)C1. The van der Waals surface area contributed by atoms with Crippen LogP contribution in [0.25, 0.3) is 10.8 Å². The second-order valence-electron chi connectivity index (χ2n) is 6.85. The Kier molecular flexibility index (Phi) is 4.59. The van der Waals surface area contributed by atoms with E-state index in [1.54, 1.807) is 12.4 Å². The lowest BCUT2D eigenvalue weighted by molar-refractivity contribution is 0.100. The zero-order chi connectivity index (χ0) is 17.9. The van der Waals surface area contributed by atoms with E-state index < -0.39 is 0 Å². The van der Waals surface area contributed by atoms with Gasteiger partial charge in [-0.05, 0) is 49.2 Å². The first kappa shape index (κ1) is 16.6. The Balaban J connectivity index is 1.71. The third kappa shape index (κ3) is 3.41. The molecule has 1 atom stereocenters. The van der Waals surface area contributed by atoms with Gasteiger partial charge in [0.25, 0.3) is 5.91 Å². The van der Waals surface area contributed by atoms with Crippen molar-refractivity contribution >= 4 is 22.4 Å². The van der Waals surface area contributed by atoms with E-state index in [1.165, 1.54) is 0 Å². The van der Waals surface area contributed by atoms with Crippen molar-refractivity contribution in [3.8, 4) is 0 Å². The maximum atomic E-state index is 12.9. The first-order valence-electron chi connectivity index (χ1n) is 8.91. The second-order valence-corrected chi connectivity index (χ2v) is 6.85. The summed E-state index contributed by atoms with van der Waals surface area (Å²) in [6.45, 7) is 1.97. The summed E-state index contributed by atoms with van der Waals surface area (Å²) >= 11 is 0. The number of carbonyl (C=O) groups is 1. The highest BCUT2D eigenvalue weighted by Crippen LogP contribution is 2.22. The number of fused-ring (bicyclic) bond motifs is 1. The number of amides is 1. The highest BCUT2D eigenvalue weighted by Gasteiger charge is 2.26. The number of likely N-dealkylation sites (tertiary alicyclic amines) is 1. The number of hydrogen-bond acceptors (Lipinski definition) is 3. The molecule has 1 aliphatic rings. The van der Waals surface area contributed by atoms with Gasteiger partial charge in [0.2, 0.25) is 0 Å². The Morgan fingerprint density at radius 1 is 1.08 bits per heavy atom. The van der Waals surface area contributed by atoms with Crippen molar-refractivity contribution < 1.29 is 4.79 Å². The standard InChI is InChI=1S/C22H21N3O/c1-25-12-10-20(15-25)21(16-5-3-2-4-6-16)24-22(26)18-7-8-19-14-23-11-9-17(19)13-18/h2-9,11,13-14,20H,10,12,15H2,1H3/t20-/m1/s1. The molecule has 2 heterocycles. The summed E-state index contributed by atoms with van der Waals surface area (Å²) in [5.74, 6) is 0.105. The summed E-state index contributed by atoms with van der Waals surface area (Å²) in [5.41, 5.74) is 2.55. The first-order valence-corrected chi connectivity index (χ1v) is 8.91. The van der Waals surface area contributed by atoms with E-state index in [9.17, 15) is 4.79 Å². The van der Waals surface area contributed by atoms with Gasteiger partial charge >= 0.3 is 0 Å². The topological polar surface area (TPSA) is 45.6 Å². The van der Waals surface area contributed by atoms with Crippen LogP contribution < -0.4 is 0 Å². The molecule has 0 N–H and O–H groups in total. The van der Waals surface area contributed by atoms with E-state index in [4.69, 9.17) is 0 Å². The number of aromatic nitrogens is 1. The van der Waals surface area contributed by atoms with Gasteiger partial charge in [0.1, 0.15) is 0 Å². The fraction of sp³-hybridized carbons (Fsp3) is 0.227. The summed E-state index contributed by atoms with van der Waals surface area (Å²) in [7, 11) is 2.11. The number of hydrogen-bond donors (Lipinski definition) is 0. The van der Waals surface area contributed by atoms with Gasteiger partial charge in [0, 0.05) is 35.8 Å². The summed E-state index contributed by atoms with van der Waals surface area (Å²) in [6.07, 6.45) is 4.57. The Bertz CT molecular complexity index is 965. The molecule has 0 aliphatic carbocycles. The molecule has 0 saturated carbocycles. The van der Waals surface area contributed by atoms with Crippen LogP contribution in [-0.2, 0) is 0 Å². The van der Waals surface area contributed by atoms with Crippen LogP contribution in [-0.4, -0.2) is 41.6 Å². The van der Waals surface area contributed by atoms with E-state index in [1.807, 2.05) is 54.6 Å². The molecule has 4 rings (SSSR count). The predicted molar refractivity (Wildman–Crippen MR) is 105 cm³/mol. The van der Waals surface area contributed by atoms with Crippen LogP contribution >= 0.6 is 0 Å². The smallest absolute Gasteiger partial charge is 0.277 e. The van der Waals surface area contributed by atoms with Crippen molar-refractivity contribution in [2.75, 3.05) is 20.1 Å². The molecule has 0 radical (unpaired) electrons. The molecular weight excluding hydrogens is 322 g/mol. The largest absolute Gasteiger partial charge is 0.306 e. The average molecular weight is 343 g/mol. The summed E-state index contributed by atoms with van der Waals surface area (Å²) in [5, 5.41) is 2.02. The molecule has 0 bridgehead atoms. The number of aliphatic imine (C=N–C) groups is 1. The molecule has 1 aromatic heterocycles. The highest BCUT2D eigenvalue weighted by atomic mass is 16.1. The van der Waals surface area contributed by atoms with E-state index in [2.05, 4.69) is 21.9 Å². The van der Waals surface area contributed by atoms with Crippen molar-refractivity contribution in [2.45, 2.75) is 6.42 Å². The van der Waals surface area contributed by atoms with Gasteiger partial charge in [-0.3, -0.25) is 9.78 Å². The Morgan fingerprint density at radius 3 is 2.69 bits per heavy atom. The van der Waals surface area contributed by atoms with Crippen molar-refractivity contribution in [1.82, 2.24) is 9.88 Å². The predicted octanol–water partition coefficient (Wildman–Crippen LogP) is 3.82. The van der Waals surface area contributed by atoms with Crippen LogP contribution in [0.4, 0.5) is 0 Å². The quantitative estimate of drug-likeness (QED) is 0.679. The van der Waals surface area contributed by atoms with E-state index in [0.717, 1.165) is 41.6 Å². The minimum absolute atomic E-state index is 0.183. The normalized spacial score (nSPS) is 18.3. The van der Waals surface area contributed by atoms with Crippen molar-refractivity contribution in [3.05, 3.63) is 78.1 Å². The fourth-order valence-corrected chi connectivity index (χ4v) is 3.55. The van der Waals surface area contributed by atoms with Crippen molar-refractivity contribution in [2.24, 2.45) is 10.9 Å². The van der Waals surface area contributed by atoms with E-state index >= 15 is 0 Å². The molecule has 0 unspecified atom stereocenters. The molecule has 130 valence electrons. The van der Waals surface area contributed by atoms with Gasteiger partial charge in [-0.25, -0.2) is 4.99 Å². The summed E-state index contributed by atoms with van der Waals surface area (Å²) in [6, 6.07) is 17.6. The summed E-state index contributed by atoms with van der Waals surface area (Å²) in [4.78, 5) is 23.9. The lowest BCUT2D eigenvalue weighted by Crippen LogP contribution is -2.21. The number of nitrogens with zero attached hydrogens (tertiary/aromatic N) is 3. The Hall–Kier alpha value is -2.85. The van der Waals surface area contributed by atoms with Crippen molar-refractivity contribution in [1.29, 1.82) is 0 Å². The van der Waals surface area contributed by atoms with Gasteiger partial charge < -0.3 is 4.90 Å². The van der Waals surface area contributed by atoms with Crippen LogP contribution in [0.1, 0.15) is 22.3 Å². The maximum Gasteiger partial charge on any atom is 0.277 e. The Morgan fingerprint density at radius 2 is 1.92 bits per heavy atom. The lowest BCUT2D eigenvalue weighted by Gasteiger charge is -2.14. The maximum absolute atomic E-state index is 12.9. The molecule has 3 aromatic rings. The van der Waals surface area contributed by atoms with Gasteiger partial charge in [0.15, 0.2) is 0 Å². The molecular formula is C22H21N3O. The lowest BCUT2D eigenvalue weighted by atomic mass is 9.95. The number of rotatable bonds is 3. The summed E-state index contributed by atoms with van der Waals surface area (Å²) < 4.78 is 0. The van der Waals surface area contributed by atoms with Crippen LogP contribution in [0.3, 0.4) is 0 Å². The zero-order valence-corrected chi connectivity index (χ0v) is 14.8. The average Bonchev–Trinajstić information content (AvgIpc) is 3.12. The number of pyridine rings is 1. The molecule has 1 aliphatic heterocycles. The van der Waals surface area contributed by atoms with Gasteiger partial charge in [-0.1, -0.05) is 36.4 Å². The number of benzene rings is 2. The van der Waals surface area contributed by atoms with E-state index in [0.29, 0.717) is 5.56 Å². The molecule has 0 spiro atoms. The molecule has 4 nitrogen and oxygen atoms in total. The van der Waals surface area contributed by atoms with Crippen LogP contribution in [0.5, 0.6) is 0 Å². The molecule has 26 heavy (non-hydrogen) atoms. The molecule has 1 saturated heterocycles. The fourth-order valence-electron chi connectivity index (χ4n) is 3.55. The third-order valence-electron chi connectivity index (χ3n) is 4.96. The van der Waals surface area contributed by atoms with Crippen molar-refractivity contribution in [3.63, 3.8) is 0 Å². The number of carbonyl (C=O) groups excluding carboxylic acids is 1. The monoisotopic (exact) mass is 343 g/mol. The molecule has 4 heteroatoms.